The maximum atomic E-state index is 13.1. The summed E-state index contributed by atoms with van der Waals surface area (Å²) in [4.78, 5) is 32.1. The predicted molar refractivity (Wildman–Crippen MR) is 105 cm³/mol. The summed E-state index contributed by atoms with van der Waals surface area (Å²) in [7, 11) is 1.55. The first-order valence-corrected chi connectivity index (χ1v) is 9.08. The highest BCUT2D eigenvalue weighted by molar-refractivity contribution is 6.16. The van der Waals surface area contributed by atoms with Crippen LogP contribution in [0.2, 0.25) is 0 Å². The molecule has 0 spiro atoms. The molecular weight excluding hydrogens is 342 g/mol. The van der Waals surface area contributed by atoms with Crippen molar-refractivity contribution in [2.45, 2.75) is 19.3 Å². The fraction of sp³-hybridized carbons (Fsp3) is 0.286. The van der Waals surface area contributed by atoms with Crippen molar-refractivity contribution < 1.29 is 14.3 Å². The maximum absolute atomic E-state index is 13.1. The Balaban J connectivity index is 1.61. The van der Waals surface area contributed by atoms with E-state index in [9.17, 15) is 9.59 Å². The Kier molecular flexibility index (Phi) is 4.62. The zero-order valence-electron chi connectivity index (χ0n) is 15.1. The number of fused-ring (bicyclic) bond motifs is 2. The van der Waals surface area contributed by atoms with Crippen LogP contribution in [0.3, 0.4) is 0 Å². The molecule has 0 radical (unpaired) electrons. The van der Waals surface area contributed by atoms with Crippen molar-refractivity contribution >= 4 is 34.6 Å². The number of amides is 2. The fourth-order valence-corrected chi connectivity index (χ4v) is 3.72. The smallest absolute Gasteiger partial charge is 0.244 e. The summed E-state index contributed by atoms with van der Waals surface area (Å²) < 4.78 is 5.28. The van der Waals surface area contributed by atoms with Gasteiger partial charge in [-0.05, 0) is 43.5 Å². The monoisotopic (exact) mass is 363 g/mol. The predicted octanol–water partition coefficient (Wildman–Crippen LogP) is 3.55. The maximum Gasteiger partial charge on any atom is 0.244 e. The molecule has 27 heavy (non-hydrogen) atoms. The third-order valence-electron chi connectivity index (χ3n) is 5.01. The number of rotatable bonds is 4. The Labute approximate surface area is 157 Å². The Bertz CT molecular complexity index is 922. The zero-order chi connectivity index (χ0) is 18.8. The first-order valence-electron chi connectivity index (χ1n) is 9.08. The van der Waals surface area contributed by atoms with Crippen LogP contribution in [0.5, 0.6) is 5.75 Å². The second-order valence-corrected chi connectivity index (χ2v) is 6.71. The van der Waals surface area contributed by atoms with Crippen molar-refractivity contribution in [3.63, 3.8) is 0 Å². The second-order valence-electron chi connectivity index (χ2n) is 6.71. The molecule has 2 aromatic carbocycles. The van der Waals surface area contributed by atoms with E-state index in [1.54, 1.807) is 24.1 Å². The molecule has 138 valence electrons. The van der Waals surface area contributed by atoms with E-state index in [1.165, 1.54) is 0 Å². The summed E-state index contributed by atoms with van der Waals surface area (Å²) >= 11 is 0. The number of carbonyl (C=O) groups is 2. The SMILES string of the molecule is COc1ccccc1NC(=O)CN1C(=O)[C@@H]2CCCC2=Nc2ccccc21. The lowest BCUT2D eigenvalue weighted by Gasteiger charge is -2.24. The van der Waals surface area contributed by atoms with E-state index < -0.39 is 0 Å². The molecule has 1 N–H and O–H groups in total. The van der Waals surface area contributed by atoms with Gasteiger partial charge in [0, 0.05) is 5.71 Å². The molecule has 1 atom stereocenters. The number of anilines is 2. The fourth-order valence-electron chi connectivity index (χ4n) is 3.72. The van der Waals surface area contributed by atoms with Crippen LogP contribution in [0.1, 0.15) is 19.3 Å². The van der Waals surface area contributed by atoms with Gasteiger partial charge in [0.05, 0.1) is 30.1 Å². The second kappa shape index (κ2) is 7.23. The van der Waals surface area contributed by atoms with E-state index in [0.717, 1.165) is 30.7 Å². The molecule has 0 unspecified atom stereocenters. The largest absolute Gasteiger partial charge is 0.495 e. The van der Waals surface area contributed by atoms with Gasteiger partial charge in [0.2, 0.25) is 11.8 Å². The number of methoxy groups -OCH3 is 1. The van der Waals surface area contributed by atoms with Gasteiger partial charge < -0.3 is 15.0 Å². The van der Waals surface area contributed by atoms with Crippen LogP contribution >= 0.6 is 0 Å². The van der Waals surface area contributed by atoms with Gasteiger partial charge in [-0.2, -0.15) is 0 Å². The van der Waals surface area contributed by atoms with Gasteiger partial charge in [0.15, 0.2) is 0 Å². The number of ether oxygens (including phenoxy) is 1. The third kappa shape index (κ3) is 3.30. The molecule has 0 bridgehead atoms. The molecule has 2 aliphatic rings. The Hall–Kier alpha value is -3.15. The minimum Gasteiger partial charge on any atom is -0.495 e. The topological polar surface area (TPSA) is 71.0 Å². The number of carbonyl (C=O) groups excluding carboxylic acids is 2. The molecule has 0 saturated heterocycles. The van der Waals surface area contributed by atoms with Crippen LogP contribution < -0.4 is 15.0 Å². The summed E-state index contributed by atoms with van der Waals surface area (Å²) in [6, 6.07) is 14.7. The highest BCUT2D eigenvalue weighted by Crippen LogP contribution is 2.37. The molecule has 2 amide bonds. The molecule has 1 saturated carbocycles. The van der Waals surface area contributed by atoms with Crippen LogP contribution in [-0.2, 0) is 9.59 Å². The molecular formula is C21H21N3O3. The van der Waals surface area contributed by atoms with Crippen LogP contribution in [-0.4, -0.2) is 31.2 Å². The van der Waals surface area contributed by atoms with Crippen molar-refractivity contribution in [1.82, 2.24) is 0 Å². The summed E-state index contributed by atoms with van der Waals surface area (Å²) in [6.07, 6.45) is 2.58. The van der Waals surface area contributed by atoms with Gasteiger partial charge in [-0.1, -0.05) is 24.3 Å². The number of benzene rings is 2. The lowest BCUT2D eigenvalue weighted by molar-refractivity contribution is -0.123. The molecule has 4 rings (SSSR count). The molecule has 1 fully saturated rings. The van der Waals surface area contributed by atoms with Crippen molar-refractivity contribution in [3.05, 3.63) is 48.5 Å². The van der Waals surface area contributed by atoms with Crippen LogP contribution in [0.15, 0.2) is 53.5 Å². The molecule has 1 heterocycles. The van der Waals surface area contributed by atoms with E-state index in [-0.39, 0.29) is 24.3 Å². The van der Waals surface area contributed by atoms with Crippen molar-refractivity contribution in [2.24, 2.45) is 10.9 Å². The standard InChI is InChI=1S/C21H21N3O3/c1-27-19-12-5-3-9-17(19)23-20(25)13-24-18-11-4-2-8-16(18)22-15-10-6-7-14(15)21(24)26/h2-5,8-9,11-12,14H,6-7,10,13H2,1H3,(H,23,25)/t14-/m1/s1. The van der Waals surface area contributed by atoms with Gasteiger partial charge in [-0.25, -0.2) is 0 Å². The molecule has 6 heteroatoms. The number of hydrogen-bond donors (Lipinski definition) is 1. The molecule has 0 aromatic heterocycles. The van der Waals surface area contributed by atoms with Crippen molar-refractivity contribution in [3.8, 4) is 5.75 Å². The number of para-hydroxylation sites is 4. The minimum absolute atomic E-state index is 0.0497. The Morgan fingerprint density at radius 2 is 2.00 bits per heavy atom. The van der Waals surface area contributed by atoms with Crippen LogP contribution in [0.25, 0.3) is 0 Å². The van der Waals surface area contributed by atoms with Gasteiger partial charge in [-0.15, -0.1) is 0 Å². The lowest BCUT2D eigenvalue weighted by Crippen LogP contribution is -2.41. The van der Waals surface area contributed by atoms with E-state index in [1.807, 2.05) is 36.4 Å². The molecule has 2 aromatic rings. The summed E-state index contributed by atoms with van der Waals surface area (Å²) in [5.74, 6) is 0.0294. The quantitative estimate of drug-likeness (QED) is 0.903. The van der Waals surface area contributed by atoms with E-state index >= 15 is 0 Å². The van der Waals surface area contributed by atoms with E-state index in [0.29, 0.717) is 17.1 Å². The number of aliphatic imine (C=N–C) groups is 1. The summed E-state index contributed by atoms with van der Waals surface area (Å²) in [5.41, 5.74) is 2.94. The zero-order valence-corrected chi connectivity index (χ0v) is 15.1. The summed E-state index contributed by atoms with van der Waals surface area (Å²) in [6.45, 7) is -0.0623. The van der Waals surface area contributed by atoms with Gasteiger partial charge in [0.25, 0.3) is 0 Å². The lowest BCUT2D eigenvalue weighted by atomic mass is 10.1. The van der Waals surface area contributed by atoms with Crippen molar-refractivity contribution in [2.75, 3.05) is 23.9 Å². The van der Waals surface area contributed by atoms with Crippen molar-refractivity contribution in [1.29, 1.82) is 0 Å². The average Bonchev–Trinajstić information content (AvgIpc) is 3.11. The Morgan fingerprint density at radius 3 is 2.85 bits per heavy atom. The highest BCUT2D eigenvalue weighted by Gasteiger charge is 2.37. The van der Waals surface area contributed by atoms with Gasteiger partial charge >= 0.3 is 0 Å². The third-order valence-corrected chi connectivity index (χ3v) is 5.01. The molecule has 6 nitrogen and oxygen atoms in total. The van der Waals surface area contributed by atoms with Gasteiger partial charge in [-0.3, -0.25) is 14.6 Å². The Morgan fingerprint density at radius 1 is 1.22 bits per heavy atom. The van der Waals surface area contributed by atoms with E-state index in [4.69, 9.17) is 9.73 Å². The number of nitrogens with one attached hydrogen (secondary N) is 1. The minimum atomic E-state index is -0.274. The summed E-state index contributed by atoms with van der Waals surface area (Å²) in [5, 5.41) is 2.84. The highest BCUT2D eigenvalue weighted by atomic mass is 16.5. The normalized spacial score (nSPS) is 18.3. The van der Waals surface area contributed by atoms with Crippen LogP contribution in [0, 0.1) is 5.92 Å². The molecule has 1 aliphatic heterocycles. The van der Waals surface area contributed by atoms with Gasteiger partial charge in [0.1, 0.15) is 12.3 Å². The van der Waals surface area contributed by atoms with Crippen LogP contribution in [0.4, 0.5) is 17.1 Å². The number of hydrogen-bond acceptors (Lipinski definition) is 4. The first-order chi connectivity index (χ1) is 13.2. The van der Waals surface area contributed by atoms with E-state index in [2.05, 4.69) is 5.32 Å². The number of nitrogens with zero attached hydrogens (tertiary/aromatic N) is 2. The molecule has 1 aliphatic carbocycles. The first kappa shape index (κ1) is 17.3. The average molecular weight is 363 g/mol.